The van der Waals surface area contributed by atoms with Gasteiger partial charge >= 0.3 is 18.3 Å². The van der Waals surface area contributed by atoms with E-state index in [0.29, 0.717) is 17.0 Å². The quantitative estimate of drug-likeness (QED) is 0.350. The van der Waals surface area contributed by atoms with Crippen molar-refractivity contribution >= 4 is 11.7 Å². The number of methoxy groups -OCH3 is 1. The van der Waals surface area contributed by atoms with E-state index >= 15 is 0 Å². The molecule has 0 bridgehead atoms. The Morgan fingerprint density at radius 3 is 2.23 bits per heavy atom. The van der Waals surface area contributed by atoms with Crippen LogP contribution < -0.4 is 0 Å². The van der Waals surface area contributed by atoms with Crippen molar-refractivity contribution in [3.63, 3.8) is 0 Å². The van der Waals surface area contributed by atoms with Crippen LogP contribution in [0.1, 0.15) is 21.6 Å². The number of alkyl halides is 6. The Balaban J connectivity index is 2.80. The van der Waals surface area contributed by atoms with Gasteiger partial charge in [-0.1, -0.05) is 0 Å². The van der Waals surface area contributed by atoms with Crippen LogP contribution >= 0.6 is 0 Å². The number of halogens is 6. The highest BCUT2D eigenvalue weighted by molar-refractivity contribution is 5.95. The first-order valence-electron chi connectivity index (χ1n) is 6.45. The average molecular weight is 383 g/mol. The molecule has 0 saturated heterocycles. The molecule has 0 aliphatic carbocycles. The third-order valence-corrected chi connectivity index (χ3v) is 3.17. The van der Waals surface area contributed by atoms with Gasteiger partial charge in [0.25, 0.3) is 5.69 Å². The summed E-state index contributed by atoms with van der Waals surface area (Å²) in [5.41, 5.74) is -6.12. The number of rotatable bonds is 3. The Morgan fingerprint density at radius 1 is 1.19 bits per heavy atom. The smallest absolute Gasteiger partial charge is 0.434 e. The van der Waals surface area contributed by atoms with Gasteiger partial charge in [0.15, 0.2) is 5.69 Å². The van der Waals surface area contributed by atoms with Crippen LogP contribution in [-0.2, 0) is 17.1 Å². The number of esters is 1. The summed E-state index contributed by atoms with van der Waals surface area (Å²) in [5, 5.41) is 11.0. The van der Waals surface area contributed by atoms with Crippen molar-refractivity contribution in [2.75, 3.05) is 7.11 Å². The Labute approximate surface area is 140 Å². The van der Waals surface area contributed by atoms with Gasteiger partial charge in [-0.25, -0.2) is 9.78 Å². The van der Waals surface area contributed by atoms with Crippen molar-refractivity contribution in [2.45, 2.75) is 12.4 Å². The first-order valence-corrected chi connectivity index (χ1v) is 6.45. The lowest BCUT2D eigenvalue weighted by atomic mass is 10.1. The molecule has 0 fully saturated rings. The Morgan fingerprint density at radius 2 is 1.81 bits per heavy atom. The Kier molecular flexibility index (Phi) is 4.66. The highest BCUT2D eigenvalue weighted by Crippen LogP contribution is 2.38. The van der Waals surface area contributed by atoms with Crippen LogP contribution in [0.5, 0.6) is 0 Å². The number of imidazole rings is 1. The molecule has 0 aliphatic heterocycles. The maximum absolute atomic E-state index is 13.2. The predicted octanol–water partition coefficient (Wildman–Crippen LogP) is 3.60. The molecule has 1 aromatic carbocycles. The second-order valence-electron chi connectivity index (χ2n) is 4.80. The molecule has 0 amide bonds. The third kappa shape index (κ3) is 3.60. The first-order chi connectivity index (χ1) is 11.9. The molecule has 7 nitrogen and oxygen atoms in total. The summed E-state index contributed by atoms with van der Waals surface area (Å²) in [5.74, 6) is -1.33. The van der Waals surface area contributed by atoms with Crippen LogP contribution in [0.3, 0.4) is 0 Å². The first kappa shape index (κ1) is 19.2. The highest BCUT2D eigenvalue weighted by Gasteiger charge is 2.39. The fourth-order valence-electron chi connectivity index (χ4n) is 2.04. The summed E-state index contributed by atoms with van der Waals surface area (Å²) < 4.78 is 82.2. The van der Waals surface area contributed by atoms with E-state index in [2.05, 4.69) is 9.72 Å². The van der Waals surface area contributed by atoms with Crippen molar-refractivity contribution in [3.8, 4) is 5.69 Å². The Bertz CT molecular complexity index is 872. The van der Waals surface area contributed by atoms with Gasteiger partial charge in [0.2, 0.25) is 0 Å². The lowest BCUT2D eigenvalue weighted by Gasteiger charge is -2.15. The summed E-state index contributed by atoms with van der Waals surface area (Å²) in [6.07, 6.45) is -9.37. The molecule has 26 heavy (non-hydrogen) atoms. The van der Waals surface area contributed by atoms with Crippen LogP contribution in [0.25, 0.3) is 5.69 Å². The van der Waals surface area contributed by atoms with Crippen LogP contribution in [0, 0.1) is 10.1 Å². The standard InChI is InChI=1S/C13H7F6N3O4/c1-26-11(23)6-2-9(21-4-10(20-5-21)13(17,18)19)7(12(14,15)16)3-8(6)22(24)25/h2-5H,1H3. The second-order valence-corrected chi connectivity index (χ2v) is 4.80. The number of aromatic nitrogens is 2. The zero-order chi connectivity index (χ0) is 19.9. The molecule has 140 valence electrons. The molecule has 0 spiro atoms. The van der Waals surface area contributed by atoms with Crippen molar-refractivity contribution < 1.29 is 40.8 Å². The van der Waals surface area contributed by atoms with Crippen molar-refractivity contribution in [2.24, 2.45) is 0 Å². The van der Waals surface area contributed by atoms with Gasteiger partial charge in [-0.2, -0.15) is 26.3 Å². The van der Waals surface area contributed by atoms with E-state index in [1.165, 1.54) is 0 Å². The number of ether oxygens (including phenoxy) is 1. The van der Waals surface area contributed by atoms with E-state index in [4.69, 9.17) is 0 Å². The molecule has 0 aliphatic rings. The predicted molar refractivity (Wildman–Crippen MR) is 71.6 cm³/mol. The molecule has 13 heteroatoms. The van der Waals surface area contributed by atoms with Crippen molar-refractivity contribution in [1.82, 2.24) is 9.55 Å². The molecule has 1 heterocycles. The zero-order valence-electron chi connectivity index (χ0n) is 12.6. The second kappa shape index (κ2) is 6.31. The number of nitro groups is 1. The third-order valence-electron chi connectivity index (χ3n) is 3.17. The SMILES string of the molecule is COC(=O)c1cc(-n2cnc(C(F)(F)F)c2)c(C(F)(F)F)cc1[N+](=O)[O-]. The fourth-order valence-corrected chi connectivity index (χ4v) is 2.04. The number of carbonyl (C=O) groups excluding carboxylic acids is 1. The number of nitro benzene ring substituents is 1. The largest absolute Gasteiger partial charge is 0.465 e. The zero-order valence-corrected chi connectivity index (χ0v) is 12.6. The van der Waals surface area contributed by atoms with Crippen LogP contribution in [0.4, 0.5) is 32.0 Å². The summed E-state index contributed by atoms with van der Waals surface area (Å²) >= 11 is 0. The van der Waals surface area contributed by atoms with Crippen LogP contribution in [0.15, 0.2) is 24.7 Å². The van der Waals surface area contributed by atoms with Crippen LogP contribution in [0.2, 0.25) is 0 Å². The molecular weight excluding hydrogens is 376 g/mol. The summed E-state index contributed by atoms with van der Waals surface area (Å²) in [4.78, 5) is 24.3. The van der Waals surface area contributed by atoms with Gasteiger partial charge in [0.1, 0.15) is 5.56 Å². The van der Waals surface area contributed by atoms with Gasteiger partial charge in [0.05, 0.1) is 29.6 Å². The minimum atomic E-state index is -5.16. The molecular formula is C13H7F6N3O4. The number of hydrogen-bond donors (Lipinski definition) is 0. The minimum Gasteiger partial charge on any atom is -0.465 e. The van der Waals surface area contributed by atoms with Crippen molar-refractivity contribution in [1.29, 1.82) is 0 Å². The molecule has 2 aromatic rings. The van der Waals surface area contributed by atoms with E-state index < -0.39 is 51.4 Å². The molecule has 0 radical (unpaired) electrons. The highest BCUT2D eigenvalue weighted by atomic mass is 19.4. The van der Waals surface area contributed by atoms with Gasteiger partial charge in [-0.05, 0) is 6.07 Å². The van der Waals surface area contributed by atoms with E-state index in [-0.39, 0.29) is 12.3 Å². The molecule has 2 rings (SSSR count). The summed E-state index contributed by atoms with van der Waals surface area (Å²) in [7, 11) is 0.836. The molecule has 0 unspecified atom stereocenters. The fraction of sp³-hybridized carbons (Fsp3) is 0.231. The van der Waals surface area contributed by atoms with Gasteiger partial charge in [0, 0.05) is 12.3 Å². The van der Waals surface area contributed by atoms with E-state index in [0.717, 1.165) is 7.11 Å². The summed E-state index contributed by atoms with van der Waals surface area (Å²) in [6, 6.07) is 0.476. The number of hydrogen-bond acceptors (Lipinski definition) is 5. The van der Waals surface area contributed by atoms with Gasteiger partial charge in [-0.3, -0.25) is 10.1 Å². The van der Waals surface area contributed by atoms with Crippen LogP contribution in [-0.4, -0.2) is 27.6 Å². The molecule has 0 saturated carbocycles. The van der Waals surface area contributed by atoms with E-state index in [9.17, 15) is 41.3 Å². The van der Waals surface area contributed by atoms with Crippen molar-refractivity contribution in [3.05, 3.63) is 51.6 Å². The number of nitrogens with zero attached hydrogens (tertiary/aromatic N) is 3. The lowest BCUT2D eigenvalue weighted by Crippen LogP contribution is -2.14. The summed E-state index contributed by atoms with van der Waals surface area (Å²) in [6.45, 7) is 0. The molecule has 1 aromatic heterocycles. The minimum absolute atomic E-state index is 0.0504. The number of carbonyl (C=O) groups is 1. The lowest BCUT2D eigenvalue weighted by molar-refractivity contribution is -0.385. The monoisotopic (exact) mass is 383 g/mol. The normalized spacial score (nSPS) is 12.1. The molecule has 0 atom stereocenters. The van der Waals surface area contributed by atoms with E-state index in [1.54, 1.807) is 0 Å². The maximum Gasteiger partial charge on any atom is 0.434 e. The molecule has 0 N–H and O–H groups in total. The van der Waals surface area contributed by atoms with Gasteiger partial charge < -0.3 is 9.30 Å². The topological polar surface area (TPSA) is 87.3 Å². The van der Waals surface area contributed by atoms with Gasteiger partial charge in [-0.15, -0.1) is 0 Å². The Hall–Kier alpha value is -3.12. The number of benzene rings is 1. The van der Waals surface area contributed by atoms with E-state index in [1.807, 2.05) is 0 Å². The average Bonchev–Trinajstić information content (AvgIpc) is 3.01. The maximum atomic E-state index is 13.2.